The molecule has 4 N–H and O–H groups in total. The molecular weight excluding hydrogens is 354 g/mol. The number of benzene rings is 2. The van der Waals surface area contributed by atoms with Gasteiger partial charge in [0.05, 0.1) is 16.3 Å². The van der Waals surface area contributed by atoms with Crippen LogP contribution in [0.3, 0.4) is 0 Å². The fourth-order valence-electron chi connectivity index (χ4n) is 2.11. The molecule has 0 bridgehead atoms. The molecule has 1 aromatic heterocycles. The minimum Gasteiger partial charge on any atom is -0.399 e. The van der Waals surface area contributed by atoms with Crippen LogP contribution < -0.4 is 11.1 Å². The summed E-state index contributed by atoms with van der Waals surface area (Å²) in [5.41, 5.74) is 8.30. The Bertz CT molecular complexity index is 844. The second kappa shape index (κ2) is 5.42. The van der Waals surface area contributed by atoms with Gasteiger partial charge in [0.2, 0.25) is 0 Å². The fraction of sp³-hybridized carbons (Fsp3) is 0. The van der Waals surface area contributed by atoms with E-state index in [1.54, 1.807) is 30.5 Å². The van der Waals surface area contributed by atoms with E-state index in [4.69, 9.17) is 17.3 Å². The fourth-order valence-corrected chi connectivity index (χ4v) is 2.83. The molecule has 0 aliphatic heterocycles. The Balaban J connectivity index is 1.94. The number of H-pyrrole nitrogens is 1. The van der Waals surface area contributed by atoms with Gasteiger partial charge in [-0.1, -0.05) is 27.5 Å². The standard InChI is InChI=1S/C15H11BrClN3O/c16-8-1-4-13(12(17)5-8)20-15(21)11-7-19-14-6-9(18)2-3-10(11)14/h1-7,19H,18H2,(H,20,21). The topological polar surface area (TPSA) is 70.9 Å². The lowest BCUT2D eigenvalue weighted by molar-refractivity contribution is 0.102. The van der Waals surface area contributed by atoms with Crippen LogP contribution in [0.4, 0.5) is 11.4 Å². The van der Waals surface area contributed by atoms with Gasteiger partial charge in [0.1, 0.15) is 0 Å². The molecule has 0 saturated heterocycles. The summed E-state index contributed by atoms with van der Waals surface area (Å²) in [7, 11) is 0. The van der Waals surface area contributed by atoms with Crippen LogP contribution in [-0.2, 0) is 0 Å². The minimum atomic E-state index is -0.227. The molecule has 0 spiro atoms. The zero-order valence-corrected chi connectivity index (χ0v) is 13.1. The monoisotopic (exact) mass is 363 g/mol. The summed E-state index contributed by atoms with van der Waals surface area (Å²) in [6, 6.07) is 10.7. The number of nitrogens with one attached hydrogen (secondary N) is 2. The van der Waals surface area contributed by atoms with Crippen molar-refractivity contribution in [2.75, 3.05) is 11.1 Å². The van der Waals surface area contributed by atoms with Crippen LogP contribution in [0.15, 0.2) is 47.1 Å². The van der Waals surface area contributed by atoms with E-state index in [0.29, 0.717) is 22.0 Å². The van der Waals surface area contributed by atoms with Gasteiger partial charge < -0.3 is 16.0 Å². The third-order valence-electron chi connectivity index (χ3n) is 3.13. The van der Waals surface area contributed by atoms with E-state index >= 15 is 0 Å². The summed E-state index contributed by atoms with van der Waals surface area (Å²) < 4.78 is 0.855. The van der Waals surface area contributed by atoms with Crippen molar-refractivity contribution in [2.45, 2.75) is 0 Å². The number of fused-ring (bicyclic) bond motifs is 1. The summed E-state index contributed by atoms with van der Waals surface area (Å²) in [5.74, 6) is -0.227. The third kappa shape index (κ3) is 2.75. The molecule has 0 fully saturated rings. The Hall–Kier alpha value is -1.98. The van der Waals surface area contributed by atoms with Gasteiger partial charge in [0, 0.05) is 27.3 Å². The average molecular weight is 365 g/mol. The van der Waals surface area contributed by atoms with Crippen LogP contribution in [0.5, 0.6) is 0 Å². The Morgan fingerprint density at radius 3 is 2.81 bits per heavy atom. The van der Waals surface area contributed by atoms with Crippen LogP contribution in [0.25, 0.3) is 10.9 Å². The molecule has 106 valence electrons. The predicted octanol–water partition coefficient (Wildman–Crippen LogP) is 4.42. The number of aromatic nitrogens is 1. The molecule has 21 heavy (non-hydrogen) atoms. The second-order valence-corrected chi connectivity index (χ2v) is 5.91. The quantitative estimate of drug-likeness (QED) is 0.589. The Labute approximate surface area is 134 Å². The van der Waals surface area contributed by atoms with Crippen molar-refractivity contribution in [1.29, 1.82) is 0 Å². The molecule has 3 rings (SSSR count). The van der Waals surface area contributed by atoms with Crippen molar-refractivity contribution in [3.05, 3.63) is 57.7 Å². The van der Waals surface area contributed by atoms with Crippen LogP contribution in [0.1, 0.15) is 10.4 Å². The molecule has 0 unspecified atom stereocenters. The number of hydrogen-bond acceptors (Lipinski definition) is 2. The number of carbonyl (C=O) groups excluding carboxylic acids is 1. The molecule has 0 atom stereocenters. The number of aromatic amines is 1. The van der Waals surface area contributed by atoms with Crippen LogP contribution in [-0.4, -0.2) is 10.9 Å². The summed E-state index contributed by atoms with van der Waals surface area (Å²) in [6.45, 7) is 0. The first kappa shape index (κ1) is 14.0. The van der Waals surface area contributed by atoms with Gasteiger partial charge in [-0.25, -0.2) is 0 Å². The first-order valence-electron chi connectivity index (χ1n) is 6.17. The Morgan fingerprint density at radius 1 is 1.24 bits per heavy atom. The number of hydrogen-bond donors (Lipinski definition) is 3. The number of carbonyl (C=O) groups is 1. The molecule has 1 heterocycles. The predicted molar refractivity (Wildman–Crippen MR) is 89.8 cm³/mol. The van der Waals surface area contributed by atoms with Crippen LogP contribution >= 0.6 is 27.5 Å². The van der Waals surface area contributed by atoms with Crippen molar-refractivity contribution in [1.82, 2.24) is 4.98 Å². The number of amides is 1. The zero-order valence-electron chi connectivity index (χ0n) is 10.8. The minimum absolute atomic E-state index is 0.227. The average Bonchev–Trinajstić information content (AvgIpc) is 2.84. The highest BCUT2D eigenvalue weighted by atomic mass is 79.9. The van der Waals surface area contributed by atoms with Crippen LogP contribution in [0.2, 0.25) is 5.02 Å². The van der Waals surface area contributed by atoms with Crippen molar-refractivity contribution in [3.8, 4) is 0 Å². The van der Waals surface area contributed by atoms with Crippen molar-refractivity contribution in [3.63, 3.8) is 0 Å². The van der Waals surface area contributed by atoms with E-state index in [0.717, 1.165) is 15.4 Å². The van der Waals surface area contributed by atoms with Crippen molar-refractivity contribution in [2.24, 2.45) is 0 Å². The smallest absolute Gasteiger partial charge is 0.257 e. The molecule has 1 amide bonds. The number of nitrogens with two attached hydrogens (primary N) is 1. The molecule has 0 saturated carbocycles. The maximum absolute atomic E-state index is 12.4. The Morgan fingerprint density at radius 2 is 2.05 bits per heavy atom. The van der Waals surface area contributed by atoms with Crippen molar-refractivity contribution >= 4 is 55.7 Å². The summed E-state index contributed by atoms with van der Waals surface area (Å²) in [5, 5.41) is 4.09. The third-order valence-corrected chi connectivity index (χ3v) is 3.94. The normalized spacial score (nSPS) is 10.8. The van der Waals surface area contributed by atoms with Gasteiger partial charge in [0.25, 0.3) is 5.91 Å². The van der Waals surface area contributed by atoms with E-state index in [2.05, 4.69) is 26.2 Å². The molecular formula is C15H11BrClN3O. The van der Waals surface area contributed by atoms with E-state index in [-0.39, 0.29) is 5.91 Å². The lowest BCUT2D eigenvalue weighted by atomic mass is 10.1. The zero-order chi connectivity index (χ0) is 15.0. The first-order valence-corrected chi connectivity index (χ1v) is 7.35. The van der Waals surface area contributed by atoms with Gasteiger partial charge in [-0.2, -0.15) is 0 Å². The molecule has 3 aromatic rings. The molecule has 6 heteroatoms. The molecule has 0 radical (unpaired) electrons. The van der Waals surface area contributed by atoms with Gasteiger partial charge in [-0.05, 0) is 36.4 Å². The largest absolute Gasteiger partial charge is 0.399 e. The van der Waals surface area contributed by atoms with Gasteiger partial charge >= 0.3 is 0 Å². The lowest BCUT2D eigenvalue weighted by Crippen LogP contribution is -2.11. The number of anilines is 2. The number of nitrogen functional groups attached to an aromatic ring is 1. The van der Waals surface area contributed by atoms with Gasteiger partial charge in [0.15, 0.2) is 0 Å². The lowest BCUT2D eigenvalue weighted by Gasteiger charge is -2.07. The maximum atomic E-state index is 12.4. The van der Waals surface area contributed by atoms with Gasteiger partial charge in [-0.3, -0.25) is 4.79 Å². The van der Waals surface area contributed by atoms with Crippen molar-refractivity contribution < 1.29 is 4.79 Å². The number of rotatable bonds is 2. The highest BCUT2D eigenvalue weighted by molar-refractivity contribution is 9.10. The number of halogens is 2. The molecule has 4 nitrogen and oxygen atoms in total. The Kier molecular flexibility index (Phi) is 3.61. The summed E-state index contributed by atoms with van der Waals surface area (Å²) >= 11 is 9.43. The van der Waals surface area contributed by atoms with E-state index in [9.17, 15) is 4.79 Å². The second-order valence-electron chi connectivity index (χ2n) is 4.59. The summed E-state index contributed by atoms with van der Waals surface area (Å²) in [4.78, 5) is 15.4. The van der Waals surface area contributed by atoms with E-state index in [1.165, 1.54) is 0 Å². The van der Waals surface area contributed by atoms with Gasteiger partial charge in [-0.15, -0.1) is 0 Å². The molecule has 2 aromatic carbocycles. The van der Waals surface area contributed by atoms with Crippen LogP contribution in [0, 0.1) is 0 Å². The highest BCUT2D eigenvalue weighted by Gasteiger charge is 2.13. The van der Waals surface area contributed by atoms with E-state index < -0.39 is 0 Å². The molecule has 0 aliphatic carbocycles. The molecule has 0 aliphatic rings. The SMILES string of the molecule is Nc1ccc2c(C(=O)Nc3ccc(Br)cc3Cl)c[nH]c2c1. The first-order chi connectivity index (χ1) is 10.0. The highest BCUT2D eigenvalue weighted by Crippen LogP contribution is 2.27. The maximum Gasteiger partial charge on any atom is 0.257 e. The van der Waals surface area contributed by atoms with E-state index in [1.807, 2.05) is 12.1 Å². The summed E-state index contributed by atoms with van der Waals surface area (Å²) in [6.07, 6.45) is 1.66.